The second-order valence-corrected chi connectivity index (χ2v) is 3.63. The van der Waals surface area contributed by atoms with Gasteiger partial charge in [-0.2, -0.15) is 0 Å². The third-order valence-corrected chi connectivity index (χ3v) is 2.38. The van der Waals surface area contributed by atoms with Gasteiger partial charge >= 0.3 is 5.97 Å². The lowest BCUT2D eigenvalue weighted by atomic mass is 10.2. The number of carbonyl (C=O) groups is 1. The Morgan fingerprint density at radius 3 is 2.53 bits per heavy atom. The zero-order chi connectivity index (χ0) is 10.9. The van der Waals surface area contributed by atoms with Crippen molar-refractivity contribution in [3.63, 3.8) is 0 Å². The fraction of sp³-hybridized carbons (Fsp3) is 0.364. The molecule has 1 aromatic carbocycles. The maximum atomic E-state index is 12.5. The van der Waals surface area contributed by atoms with Crippen LogP contribution in [0.25, 0.3) is 0 Å². The highest BCUT2D eigenvalue weighted by molar-refractivity contribution is 5.89. The van der Waals surface area contributed by atoms with Crippen LogP contribution < -0.4 is 0 Å². The normalized spacial score (nSPS) is 22.1. The Hall–Kier alpha value is -1.45. The van der Waals surface area contributed by atoms with Crippen molar-refractivity contribution in [2.24, 2.45) is 5.92 Å². The maximum Gasteiger partial charge on any atom is 0.338 e. The van der Waals surface area contributed by atoms with Crippen molar-refractivity contribution in [2.75, 3.05) is 6.61 Å². The molecule has 1 aromatic rings. The van der Waals surface area contributed by atoms with Crippen molar-refractivity contribution in [2.45, 2.75) is 12.3 Å². The molecule has 2 nitrogen and oxygen atoms in total. The van der Waals surface area contributed by atoms with Crippen LogP contribution in [0, 0.1) is 5.92 Å². The molecule has 2 rings (SSSR count). The van der Waals surface area contributed by atoms with Gasteiger partial charge in [0.05, 0.1) is 11.5 Å². The van der Waals surface area contributed by atoms with E-state index in [0.717, 1.165) is 0 Å². The van der Waals surface area contributed by atoms with Crippen LogP contribution in [0.3, 0.4) is 0 Å². The molecule has 0 heterocycles. The molecule has 0 aromatic heterocycles. The number of rotatable bonds is 3. The summed E-state index contributed by atoms with van der Waals surface area (Å²) in [5.74, 6) is -3.96. The molecule has 0 amide bonds. The molecule has 80 valence electrons. The van der Waals surface area contributed by atoms with Crippen LogP contribution in [-0.2, 0) is 4.74 Å². The highest BCUT2D eigenvalue weighted by atomic mass is 19.3. The van der Waals surface area contributed by atoms with E-state index in [-0.39, 0.29) is 13.0 Å². The summed E-state index contributed by atoms with van der Waals surface area (Å²) in [7, 11) is 0. The first-order valence-corrected chi connectivity index (χ1v) is 4.69. The van der Waals surface area contributed by atoms with E-state index >= 15 is 0 Å². The van der Waals surface area contributed by atoms with E-state index in [1.54, 1.807) is 30.3 Å². The first-order chi connectivity index (χ1) is 7.09. The van der Waals surface area contributed by atoms with E-state index in [0.29, 0.717) is 5.56 Å². The molecule has 0 N–H and O–H groups in total. The Labute approximate surface area is 85.9 Å². The van der Waals surface area contributed by atoms with E-state index in [9.17, 15) is 13.6 Å². The number of hydrogen-bond acceptors (Lipinski definition) is 2. The van der Waals surface area contributed by atoms with Crippen molar-refractivity contribution in [3.8, 4) is 0 Å². The highest BCUT2D eigenvalue weighted by Crippen LogP contribution is 2.48. The van der Waals surface area contributed by atoms with Gasteiger partial charge in [-0.3, -0.25) is 0 Å². The molecule has 0 bridgehead atoms. The summed E-state index contributed by atoms with van der Waals surface area (Å²) in [6.45, 7) is -0.194. The van der Waals surface area contributed by atoms with Crippen LogP contribution in [0.5, 0.6) is 0 Å². The number of halogens is 2. The molecule has 4 heteroatoms. The van der Waals surface area contributed by atoms with Crippen molar-refractivity contribution >= 4 is 5.97 Å². The molecule has 0 unspecified atom stereocenters. The number of carbonyl (C=O) groups excluding carboxylic acids is 1. The van der Waals surface area contributed by atoms with Gasteiger partial charge < -0.3 is 4.74 Å². The monoisotopic (exact) mass is 212 g/mol. The minimum atomic E-state index is -2.63. The van der Waals surface area contributed by atoms with Crippen molar-refractivity contribution < 1.29 is 18.3 Å². The Bertz CT molecular complexity index is 362. The molecule has 0 spiro atoms. The van der Waals surface area contributed by atoms with Crippen molar-refractivity contribution in [3.05, 3.63) is 35.9 Å². The predicted octanol–water partition coefficient (Wildman–Crippen LogP) is 2.50. The van der Waals surface area contributed by atoms with Crippen LogP contribution in [0.2, 0.25) is 0 Å². The number of esters is 1. The molecule has 1 aliphatic carbocycles. The van der Waals surface area contributed by atoms with Gasteiger partial charge in [-0.05, 0) is 12.1 Å². The maximum absolute atomic E-state index is 12.5. The number of hydrogen-bond donors (Lipinski definition) is 0. The van der Waals surface area contributed by atoms with Gasteiger partial charge in [0.2, 0.25) is 0 Å². The second kappa shape index (κ2) is 3.61. The summed E-state index contributed by atoms with van der Waals surface area (Å²) in [6, 6.07) is 8.34. The smallest absolute Gasteiger partial charge is 0.338 e. The molecule has 0 aliphatic heterocycles. The Morgan fingerprint density at radius 2 is 2.00 bits per heavy atom. The van der Waals surface area contributed by atoms with Crippen LogP contribution in [0.1, 0.15) is 16.8 Å². The van der Waals surface area contributed by atoms with Crippen LogP contribution in [-0.4, -0.2) is 18.5 Å². The zero-order valence-corrected chi connectivity index (χ0v) is 7.95. The van der Waals surface area contributed by atoms with E-state index < -0.39 is 17.8 Å². The lowest BCUT2D eigenvalue weighted by Crippen LogP contribution is -2.10. The number of alkyl halides is 2. The zero-order valence-electron chi connectivity index (χ0n) is 7.95. The van der Waals surface area contributed by atoms with Crippen LogP contribution >= 0.6 is 0 Å². The first kappa shape index (κ1) is 10.1. The third-order valence-electron chi connectivity index (χ3n) is 2.38. The molecular weight excluding hydrogens is 202 g/mol. The molecular formula is C11H10F2O2. The Balaban J connectivity index is 1.84. The van der Waals surface area contributed by atoms with Gasteiger partial charge in [-0.25, -0.2) is 13.6 Å². The molecule has 15 heavy (non-hydrogen) atoms. The highest BCUT2D eigenvalue weighted by Gasteiger charge is 2.57. The van der Waals surface area contributed by atoms with Gasteiger partial charge in [0, 0.05) is 6.42 Å². The largest absolute Gasteiger partial charge is 0.462 e. The van der Waals surface area contributed by atoms with Crippen LogP contribution in [0.15, 0.2) is 30.3 Å². The summed E-state index contributed by atoms with van der Waals surface area (Å²) in [6.07, 6.45) is -0.172. The SMILES string of the molecule is O=C(OC[C@@H]1CC1(F)F)c1ccccc1. The molecule has 0 saturated heterocycles. The lowest BCUT2D eigenvalue weighted by Gasteiger charge is -2.03. The standard InChI is InChI=1S/C11H10F2O2/c12-11(13)6-9(11)7-15-10(14)8-4-2-1-3-5-8/h1-5,9H,6-7H2/t9-/m0/s1. The van der Waals surface area contributed by atoms with Gasteiger partial charge in [-0.1, -0.05) is 18.2 Å². The quantitative estimate of drug-likeness (QED) is 0.719. The summed E-state index contributed by atoms with van der Waals surface area (Å²) in [4.78, 5) is 11.3. The summed E-state index contributed by atoms with van der Waals surface area (Å²) in [5, 5.41) is 0. The van der Waals surface area contributed by atoms with Crippen molar-refractivity contribution in [1.82, 2.24) is 0 Å². The van der Waals surface area contributed by atoms with Gasteiger partial charge in [-0.15, -0.1) is 0 Å². The average Bonchev–Trinajstić information content (AvgIpc) is 2.84. The average molecular weight is 212 g/mol. The Morgan fingerprint density at radius 1 is 1.40 bits per heavy atom. The Kier molecular flexibility index (Phi) is 2.42. The predicted molar refractivity (Wildman–Crippen MR) is 49.8 cm³/mol. The van der Waals surface area contributed by atoms with Crippen molar-refractivity contribution in [1.29, 1.82) is 0 Å². The molecule has 0 radical (unpaired) electrons. The first-order valence-electron chi connectivity index (χ1n) is 4.69. The fourth-order valence-corrected chi connectivity index (χ4v) is 1.28. The summed E-state index contributed by atoms with van der Waals surface area (Å²) in [5.41, 5.74) is 0.390. The van der Waals surface area contributed by atoms with E-state index in [1.807, 2.05) is 0 Å². The number of ether oxygens (including phenoxy) is 1. The van der Waals surface area contributed by atoms with Crippen LogP contribution in [0.4, 0.5) is 8.78 Å². The molecule has 1 atom stereocenters. The molecule has 1 saturated carbocycles. The fourth-order valence-electron chi connectivity index (χ4n) is 1.28. The lowest BCUT2D eigenvalue weighted by molar-refractivity contribution is 0.0368. The minimum absolute atomic E-state index is 0.172. The van der Waals surface area contributed by atoms with Gasteiger partial charge in [0.25, 0.3) is 5.92 Å². The summed E-state index contributed by atoms with van der Waals surface area (Å²) < 4.78 is 29.7. The molecule has 1 aliphatic rings. The summed E-state index contributed by atoms with van der Waals surface area (Å²) >= 11 is 0. The van der Waals surface area contributed by atoms with E-state index in [4.69, 9.17) is 4.74 Å². The van der Waals surface area contributed by atoms with E-state index in [1.165, 1.54) is 0 Å². The second-order valence-electron chi connectivity index (χ2n) is 3.63. The van der Waals surface area contributed by atoms with Gasteiger partial charge in [0.15, 0.2) is 0 Å². The topological polar surface area (TPSA) is 26.3 Å². The molecule has 1 fully saturated rings. The van der Waals surface area contributed by atoms with Gasteiger partial charge in [0.1, 0.15) is 6.61 Å². The minimum Gasteiger partial charge on any atom is -0.462 e. The number of benzene rings is 1. The van der Waals surface area contributed by atoms with E-state index in [2.05, 4.69) is 0 Å². The third kappa shape index (κ3) is 2.32.